The van der Waals surface area contributed by atoms with Crippen molar-refractivity contribution in [1.82, 2.24) is 9.38 Å². The van der Waals surface area contributed by atoms with E-state index in [4.69, 9.17) is 4.74 Å². The molecule has 0 unspecified atom stereocenters. The van der Waals surface area contributed by atoms with Crippen LogP contribution in [0.2, 0.25) is 0 Å². The van der Waals surface area contributed by atoms with Crippen LogP contribution in [0.4, 0.5) is 0 Å². The van der Waals surface area contributed by atoms with Gasteiger partial charge < -0.3 is 16.6 Å². The van der Waals surface area contributed by atoms with Gasteiger partial charge in [-0.2, -0.15) is 0 Å². The second-order valence-corrected chi connectivity index (χ2v) is 5.10. The molecule has 4 rings (SSSR count). The summed E-state index contributed by atoms with van der Waals surface area (Å²) in [6.07, 6.45) is 2.94. The van der Waals surface area contributed by atoms with E-state index in [2.05, 4.69) is 46.6 Å². The summed E-state index contributed by atoms with van der Waals surface area (Å²) in [5.41, 5.74) is 2.04. The van der Waals surface area contributed by atoms with E-state index in [0.29, 0.717) is 12.5 Å². The Morgan fingerprint density at radius 2 is 1.88 bits per heavy atom. The number of hydrogen-bond acceptors (Lipinski definition) is 2. The van der Waals surface area contributed by atoms with Crippen molar-refractivity contribution in [3.63, 3.8) is 0 Å². The molecule has 2 heterocycles. The van der Waals surface area contributed by atoms with Gasteiger partial charge in [0.15, 0.2) is 0 Å². The number of pyridine rings is 1. The average molecular weight is 571 g/mol. The first-order chi connectivity index (χ1) is 10.4. The Hall–Kier alpha value is -0.797. The second kappa shape index (κ2) is 9.05. The minimum absolute atomic E-state index is 0. The van der Waals surface area contributed by atoms with Crippen LogP contribution in [0.5, 0.6) is 5.88 Å². The Balaban J connectivity index is 0.000000960. The third-order valence-electron chi connectivity index (χ3n) is 3.67. The van der Waals surface area contributed by atoms with Crippen LogP contribution in [0.3, 0.4) is 0 Å². The first-order valence-corrected chi connectivity index (χ1v) is 7.21. The minimum atomic E-state index is 0. The second-order valence-electron chi connectivity index (χ2n) is 5.10. The normalized spacial score (nSPS) is 10.0. The summed E-state index contributed by atoms with van der Waals surface area (Å²) in [7, 11) is 0. The number of rotatable bonds is 3. The molecule has 0 amide bonds. The van der Waals surface area contributed by atoms with E-state index < -0.39 is 0 Å². The predicted octanol–water partition coefficient (Wildman–Crippen LogP) is 4.67. The molecule has 0 aliphatic carbocycles. The molecule has 4 aromatic rings. The van der Waals surface area contributed by atoms with E-state index in [-0.39, 0.29) is 60.2 Å². The molecule has 2 aromatic carbocycles. The Morgan fingerprint density at radius 3 is 2.67 bits per heavy atom. The van der Waals surface area contributed by atoms with Crippen molar-refractivity contribution in [3.05, 3.63) is 62.2 Å². The topological polar surface area (TPSA) is 26.5 Å². The van der Waals surface area contributed by atoms with Gasteiger partial charge in [0.05, 0.1) is 18.5 Å². The number of nitrogens with zero attached hydrogens (tertiary/aromatic N) is 2. The number of hydrogen-bond donors (Lipinski definition) is 0. The SMILES string of the molecule is CCCOc1cn2c3ccccc3c3ccc[c-]c3c2n1.[CH3-].[Ir].[Y]. The van der Waals surface area contributed by atoms with E-state index in [1.54, 1.807) is 0 Å². The van der Waals surface area contributed by atoms with Crippen molar-refractivity contribution in [3.8, 4) is 5.88 Å². The summed E-state index contributed by atoms with van der Waals surface area (Å²) >= 11 is 0. The molecular weight excluding hydrogens is 553 g/mol. The molecule has 0 saturated carbocycles. The maximum Gasteiger partial charge on any atom is 0.222 e. The average Bonchev–Trinajstić information content (AvgIpc) is 2.98. The fourth-order valence-corrected chi connectivity index (χ4v) is 2.75. The van der Waals surface area contributed by atoms with Crippen molar-refractivity contribution in [1.29, 1.82) is 0 Å². The maximum atomic E-state index is 5.69. The van der Waals surface area contributed by atoms with Crippen molar-refractivity contribution in [2.24, 2.45) is 0 Å². The van der Waals surface area contributed by atoms with Crippen LogP contribution < -0.4 is 4.74 Å². The van der Waals surface area contributed by atoms with Crippen LogP contribution in [0.15, 0.2) is 48.7 Å². The van der Waals surface area contributed by atoms with Gasteiger partial charge >= 0.3 is 0 Å². The molecular formula is C19H18IrN2OY-2. The van der Waals surface area contributed by atoms with Crippen molar-refractivity contribution in [2.45, 2.75) is 13.3 Å². The molecule has 0 spiro atoms. The van der Waals surface area contributed by atoms with Gasteiger partial charge in [-0.15, -0.1) is 29.7 Å². The van der Waals surface area contributed by atoms with Crippen LogP contribution in [0.1, 0.15) is 13.3 Å². The summed E-state index contributed by atoms with van der Waals surface area (Å²) in [4.78, 5) is 4.64. The molecule has 5 heteroatoms. The molecule has 0 saturated heterocycles. The van der Waals surface area contributed by atoms with E-state index in [0.717, 1.165) is 23.0 Å². The monoisotopic (exact) mass is 572 g/mol. The number of fused-ring (bicyclic) bond motifs is 6. The van der Waals surface area contributed by atoms with Gasteiger partial charge in [0.2, 0.25) is 5.88 Å². The molecule has 0 atom stereocenters. The fourth-order valence-electron chi connectivity index (χ4n) is 2.75. The molecule has 124 valence electrons. The van der Waals surface area contributed by atoms with Crippen molar-refractivity contribution < 1.29 is 57.6 Å². The van der Waals surface area contributed by atoms with Gasteiger partial charge in [-0.25, -0.2) is 4.98 Å². The maximum absolute atomic E-state index is 5.69. The van der Waals surface area contributed by atoms with E-state index in [1.165, 1.54) is 10.8 Å². The Kier molecular flexibility index (Phi) is 8.02. The largest absolute Gasteiger partial charge is 0.477 e. The van der Waals surface area contributed by atoms with Gasteiger partial charge in [-0.3, -0.25) is 0 Å². The first kappa shape index (κ1) is 21.2. The van der Waals surface area contributed by atoms with Gasteiger partial charge in [-0.1, -0.05) is 30.5 Å². The Morgan fingerprint density at radius 1 is 1.12 bits per heavy atom. The van der Waals surface area contributed by atoms with E-state index in [1.807, 2.05) is 24.4 Å². The van der Waals surface area contributed by atoms with Gasteiger partial charge in [0.25, 0.3) is 0 Å². The summed E-state index contributed by atoms with van der Waals surface area (Å²) in [6.45, 7) is 2.78. The third-order valence-corrected chi connectivity index (χ3v) is 3.67. The van der Waals surface area contributed by atoms with Crippen molar-refractivity contribution >= 4 is 27.3 Å². The van der Waals surface area contributed by atoms with Crippen LogP contribution >= 0.6 is 0 Å². The number of aromatic nitrogens is 2. The molecule has 0 aliphatic rings. The van der Waals surface area contributed by atoms with Crippen LogP contribution in [-0.2, 0) is 52.8 Å². The molecule has 0 fully saturated rings. The van der Waals surface area contributed by atoms with Crippen LogP contribution in [-0.4, -0.2) is 16.0 Å². The van der Waals surface area contributed by atoms with E-state index in [9.17, 15) is 0 Å². The molecule has 0 N–H and O–H groups in total. The zero-order chi connectivity index (χ0) is 14.2. The molecule has 24 heavy (non-hydrogen) atoms. The number of para-hydroxylation sites is 1. The number of imidazole rings is 1. The predicted molar refractivity (Wildman–Crippen MR) is 91.2 cm³/mol. The first-order valence-electron chi connectivity index (χ1n) is 7.21. The van der Waals surface area contributed by atoms with Gasteiger partial charge in [-0.05, 0) is 17.9 Å². The minimum Gasteiger partial charge on any atom is -0.477 e. The van der Waals surface area contributed by atoms with Gasteiger partial charge in [0.1, 0.15) is 0 Å². The zero-order valence-electron chi connectivity index (χ0n) is 13.7. The van der Waals surface area contributed by atoms with Crippen LogP contribution in [0.25, 0.3) is 27.3 Å². The quantitative estimate of drug-likeness (QED) is 0.264. The summed E-state index contributed by atoms with van der Waals surface area (Å²) in [5.74, 6) is 0.673. The number of benzene rings is 2. The fraction of sp³-hybridized carbons (Fsp3) is 0.158. The zero-order valence-corrected chi connectivity index (χ0v) is 19.0. The Bertz CT molecular complexity index is 879. The number of ether oxygens (including phenoxy) is 1. The standard InChI is InChI=1S/C18H15N2O.CH3.Ir.Y/c1-2-11-21-17-12-20-16-10-6-5-8-14(16)13-7-3-4-9-15(13)18(20)19-17;;;/h3-8,10,12H,2,11H2,1H3;1H3;;/q2*-1;;. The third kappa shape index (κ3) is 3.57. The Labute approximate surface area is 181 Å². The van der Waals surface area contributed by atoms with Gasteiger partial charge in [0, 0.05) is 58.3 Å². The molecule has 3 nitrogen and oxygen atoms in total. The summed E-state index contributed by atoms with van der Waals surface area (Å²) < 4.78 is 7.79. The smallest absolute Gasteiger partial charge is 0.222 e. The van der Waals surface area contributed by atoms with Crippen LogP contribution in [0, 0.1) is 13.5 Å². The molecule has 2 radical (unpaired) electrons. The summed E-state index contributed by atoms with van der Waals surface area (Å²) in [6, 6.07) is 17.7. The van der Waals surface area contributed by atoms with E-state index >= 15 is 0 Å². The molecule has 0 bridgehead atoms. The van der Waals surface area contributed by atoms with Crippen molar-refractivity contribution in [2.75, 3.05) is 6.61 Å². The molecule has 0 aliphatic heterocycles. The summed E-state index contributed by atoms with van der Waals surface area (Å²) in [5, 5.41) is 3.41. The molecule has 2 aromatic heterocycles.